The van der Waals surface area contributed by atoms with Gasteiger partial charge in [-0.2, -0.15) is 5.26 Å². The van der Waals surface area contributed by atoms with Crippen LogP contribution >= 0.6 is 0 Å². The highest BCUT2D eigenvalue weighted by Gasteiger charge is 2.29. The zero-order valence-electron chi connectivity index (χ0n) is 28.8. The van der Waals surface area contributed by atoms with Crippen LogP contribution in [0.2, 0.25) is 0 Å². The van der Waals surface area contributed by atoms with Gasteiger partial charge < -0.3 is 19.8 Å². The van der Waals surface area contributed by atoms with Gasteiger partial charge in [-0.05, 0) is 98.8 Å². The van der Waals surface area contributed by atoms with E-state index in [1.54, 1.807) is 10.9 Å². The molecule has 0 unspecified atom stereocenters. The second-order valence-corrected chi connectivity index (χ2v) is 12.7. The summed E-state index contributed by atoms with van der Waals surface area (Å²) in [6.45, 7) is 8.53. The van der Waals surface area contributed by atoms with E-state index in [0.717, 1.165) is 79.2 Å². The Labute approximate surface area is 282 Å². The van der Waals surface area contributed by atoms with Crippen LogP contribution < -0.4 is 15.8 Å². The average molecular weight is 647 g/mol. The molecule has 0 spiro atoms. The number of anilines is 1. The van der Waals surface area contributed by atoms with Crippen LogP contribution in [0.3, 0.4) is 0 Å². The number of likely N-dealkylation sites (N-methyl/N-ethyl adjacent to an activating group) is 2. The van der Waals surface area contributed by atoms with Gasteiger partial charge in [0.05, 0.1) is 11.6 Å². The average Bonchev–Trinajstić information content (AvgIpc) is 3.74. The molecule has 1 aliphatic heterocycles. The molecule has 2 fully saturated rings. The summed E-state index contributed by atoms with van der Waals surface area (Å²) in [7, 11) is 5.82. The molecule has 0 radical (unpaired) electrons. The van der Waals surface area contributed by atoms with Crippen molar-refractivity contribution in [1.82, 2.24) is 39.5 Å². The van der Waals surface area contributed by atoms with Crippen LogP contribution in [0.4, 0.5) is 5.82 Å². The van der Waals surface area contributed by atoms with Gasteiger partial charge >= 0.3 is 0 Å². The van der Waals surface area contributed by atoms with Gasteiger partial charge in [-0.1, -0.05) is 26.3 Å². The molecule has 2 aliphatic rings. The second-order valence-electron chi connectivity index (χ2n) is 12.7. The van der Waals surface area contributed by atoms with E-state index in [-0.39, 0.29) is 5.56 Å². The Kier molecular flexibility index (Phi) is 10.0. The maximum absolute atomic E-state index is 14.3. The summed E-state index contributed by atoms with van der Waals surface area (Å²) in [6, 6.07) is 14.1. The molecule has 11 nitrogen and oxygen atoms in total. The SMILES string of the molecule is CC.CNCCN(C)c1cc(-c2ccc(C#N)cc2-c2nncn2C)cc(-n2cc(C3CC3)c3cc(CN4CCCCC4)[nH]c3c2=O)n1. The predicted molar refractivity (Wildman–Crippen MR) is 191 cm³/mol. The Morgan fingerprint density at radius 1 is 1.08 bits per heavy atom. The van der Waals surface area contributed by atoms with Crippen molar-refractivity contribution >= 4 is 16.7 Å². The molecule has 4 aromatic heterocycles. The number of piperidine rings is 1. The first-order valence-corrected chi connectivity index (χ1v) is 17.2. The number of benzene rings is 1. The smallest absolute Gasteiger partial charge is 0.280 e. The van der Waals surface area contributed by atoms with Gasteiger partial charge in [-0.15, -0.1) is 10.2 Å². The minimum absolute atomic E-state index is 0.105. The predicted octanol–water partition coefficient (Wildman–Crippen LogP) is 5.59. The van der Waals surface area contributed by atoms with Gasteiger partial charge in [0.2, 0.25) is 0 Å². The molecular formula is C37H46N10O. The first-order chi connectivity index (χ1) is 23.4. The minimum atomic E-state index is -0.105. The maximum atomic E-state index is 14.3. The Bertz CT molecular complexity index is 1990. The summed E-state index contributed by atoms with van der Waals surface area (Å²) in [4.78, 5) is 27.5. The number of aromatic amines is 1. The van der Waals surface area contributed by atoms with E-state index in [0.29, 0.717) is 28.6 Å². The fourth-order valence-electron chi connectivity index (χ4n) is 6.58. The van der Waals surface area contributed by atoms with Crippen molar-refractivity contribution in [3.63, 3.8) is 0 Å². The van der Waals surface area contributed by atoms with Crippen LogP contribution in [0.5, 0.6) is 0 Å². The molecule has 2 N–H and O–H groups in total. The number of pyridine rings is 2. The molecule has 1 aliphatic carbocycles. The van der Waals surface area contributed by atoms with Gasteiger partial charge in [-0.25, -0.2) is 4.98 Å². The number of rotatable bonds is 10. The summed E-state index contributed by atoms with van der Waals surface area (Å²) >= 11 is 0. The topological polar surface area (TPSA) is 124 Å². The van der Waals surface area contributed by atoms with E-state index >= 15 is 0 Å². The van der Waals surface area contributed by atoms with Gasteiger partial charge in [-0.3, -0.25) is 14.3 Å². The van der Waals surface area contributed by atoms with Gasteiger partial charge in [0.1, 0.15) is 23.5 Å². The molecule has 5 heterocycles. The molecule has 48 heavy (non-hydrogen) atoms. The van der Waals surface area contributed by atoms with Crippen LogP contribution in [-0.2, 0) is 13.6 Å². The lowest BCUT2D eigenvalue weighted by atomic mass is 9.97. The number of hydrogen-bond donors (Lipinski definition) is 2. The molecule has 0 atom stereocenters. The molecule has 1 saturated carbocycles. The number of H-pyrrole nitrogens is 1. The lowest BCUT2D eigenvalue weighted by Gasteiger charge is -2.25. The zero-order valence-corrected chi connectivity index (χ0v) is 28.8. The number of nitriles is 1. The number of nitrogens with one attached hydrogen (secondary N) is 2. The standard InChI is InChI=1S/C35H40N10O.C2H6/c1-37-11-14-42(2)31-16-25(27-10-7-23(19-36)15-29(27)34-41-38-22-43(34)3)17-32(40-31)45-21-30(24-8-9-24)28-18-26(39-33(28)35(45)46)20-44-12-5-4-6-13-44;1-2/h7,10,15-18,21-22,24,37,39H,4-6,8-9,11-14,20H2,1-3H3;1-2H3. The molecule has 250 valence electrons. The molecule has 7 rings (SSSR count). The third-order valence-electron chi connectivity index (χ3n) is 9.29. The summed E-state index contributed by atoms with van der Waals surface area (Å²) < 4.78 is 3.57. The van der Waals surface area contributed by atoms with E-state index < -0.39 is 0 Å². The normalized spacial score (nSPS) is 14.8. The molecule has 11 heteroatoms. The third kappa shape index (κ3) is 6.77. The molecular weight excluding hydrogens is 600 g/mol. The largest absolute Gasteiger partial charge is 0.358 e. The molecule has 0 amide bonds. The highest BCUT2D eigenvalue weighted by molar-refractivity contribution is 5.85. The Morgan fingerprint density at radius 3 is 2.56 bits per heavy atom. The molecule has 1 saturated heterocycles. The number of aryl methyl sites for hydroxylation is 1. The fraction of sp³-hybridized carbons (Fsp3) is 0.432. The van der Waals surface area contributed by atoms with Crippen molar-refractivity contribution in [1.29, 1.82) is 5.26 Å². The lowest BCUT2D eigenvalue weighted by Crippen LogP contribution is -2.29. The number of hydrogen-bond acceptors (Lipinski definition) is 8. The highest BCUT2D eigenvalue weighted by atomic mass is 16.1. The van der Waals surface area contributed by atoms with Gasteiger partial charge in [0, 0.05) is 56.6 Å². The van der Waals surface area contributed by atoms with Gasteiger partial charge in [0.25, 0.3) is 5.56 Å². The Hall–Kier alpha value is -4.79. The summed E-state index contributed by atoms with van der Waals surface area (Å²) in [6.07, 6.45) is 9.66. The number of aromatic nitrogens is 6. The Morgan fingerprint density at radius 2 is 1.88 bits per heavy atom. The monoisotopic (exact) mass is 646 g/mol. The van der Waals surface area contributed by atoms with Crippen molar-refractivity contribution in [2.24, 2.45) is 7.05 Å². The second kappa shape index (κ2) is 14.5. The number of nitrogens with zero attached hydrogens (tertiary/aromatic N) is 8. The van der Waals surface area contributed by atoms with Crippen LogP contribution in [0.25, 0.3) is 39.2 Å². The van der Waals surface area contributed by atoms with Crippen molar-refractivity contribution in [3.8, 4) is 34.4 Å². The first-order valence-electron chi connectivity index (χ1n) is 17.2. The first kappa shape index (κ1) is 33.1. The van der Waals surface area contributed by atoms with Crippen LogP contribution in [0, 0.1) is 11.3 Å². The zero-order chi connectivity index (χ0) is 33.8. The van der Waals surface area contributed by atoms with E-state index in [9.17, 15) is 10.1 Å². The van der Waals surface area contributed by atoms with Crippen molar-refractivity contribution in [3.05, 3.63) is 76.1 Å². The van der Waals surface area contributed by atoms with Crippen LogP contribution in [0.15, 0.2) is 53.7 Å². The minimum Gasteiger partial charge on any atom is -0.358 e. The van der Waals surface area contributed by atoms with Gasteiger partial charge in [0.15, 0.2) is 5.82 Å². The van der Waals surface area contributed by atoms with Crippen molar-refractivity contribution < 1.29 is 0 Å². The quantitative estimate of drug-likeness (QED) is 0.201. The molecule has 5 aromatic rings. The number of likely N-dealkylation sites (tertiary alicyclic amines) is 1. The van der Waals surface area contributed by atoms with Crippen LogP contribution in [0.1, 0.15) is 68.7 Å². The maximum Gasteiger partial charge on any atom is 0.280 e. The van der Waals surface area contributed by atoms with Crippen molar-refractivity contribution in [2.45, 2.75) is 58.4 Å². The Balaban J connectivity index is 0.00000197. The van der Waals surface area contributed by atoms with E-state index in [4.69, 9.17) is 4.98 Å². The van der Waals surface area contributed by atoms with Crippen LogP contribution in [-0.4, -0.2) is 74.5 Å². The molecule has 0 bridgehead atoms. The van der Waals surface area contributed by atoms with E-state index in [2.05, 4.69) is 42.4 Å². The summed E-state index contributed by atoms with van der Waals surface area (Å²) in [5.41, 5.74) is 5.90. The van der Waals surface area contributed by atoms with E-state index in [1.807, 2.05) is 76.1 Å². The lowest BCUT2D eigenvalue weighted by molar-refractivity contribution is 0.219. The van der Waals surface area contributed by atoms with E-state index in [1.165, 1.54) is 24.8 Å². The highest BCUT2D eigenvalue weighted by Crippen LogP contribution is 2.43. The van der Waals surface area contributed by atoms with Crippen molar-refractivity contribution in [2.75, 3.05) is 45.2 Å². The fourth-order valence-corrected chi connectivity index (χ4v) is 6.58. The summed E-state index contributed by atoms with van der Waals surface area (Å²) in [5, 5.41) is 22.4. The summed E-state index contributed by atoms with van der Waals surface area (Å²) in [5.74, 6) is 2.39. The molecule has 1 aromatic carbocycles. The number of fused-ring (bicyclic) bond motifs is 1. The third-order valence-corrected chi connectivity index (χ3v) is 9.29.